The summed E-state index contributed by atoms with van der Waals surface area (Å²) in [7, 11) is 0. The van der Waals surface area contributed by atoms with Crippen LogP contribution in [0.3, 0.4) is 0 Å². The first kappa shape index (κ1) is 18.6. The largest absolute Gasteiger partial charge is 0.435 e. The number of hydrogen-bond donors (Lipinski definition) is 2. The molecule has 1 saturated heterocycles. The van der Waals surface area contributed by atoms with E-state index in [1.165, 1.54) is 24.3 Å². The lowest BCUT2D eigenvalue weighted by molar-refractivity contribution is -0.128. The van der Waals surface area contributed by atoms with Crippen molar-refractivity contribution in [1.82, 2.24) is 10.2 Å². The maximum absolute atomic E-state index is 12.3. The van der Waals surface area contributed by atoms with Crippen molar-refractivity contribution in [3.63, 3.8) is 0 Å². The molecule has 1 aromatic rings. The Bertz CT molecular complexity index is 525. The monoisotopic (exact) mass is 342 g/mol. The standard InChI is InChI=1S/C17H24F2N2O3/c1-2-21-10-4-3-5-14(21)16(23)20-11-15(22)12-6-8-13(9-7-12)24-17(18)19/h6-9,14-15,17,22H,2-5,10-11H2,1H3,(H,20,23)/t14-,15-/m0/s1. The Balaban J connectivity index is 1.85. The van der Waals surface area contributed by atoms with Crippen LogP contribution < -0.4 is 10.1 Å². The van der Waals surface area contributed by atoms with Crippen LogP contribution in [0.25, 0.3) is 0 Å². The molecule has 0 aliphatic carbocycles. The molecule has 1 aliphatic rings. The average Bonchev–Trinajstić information content (AvgIpc) is 2.59. The first-order valence-electron chi connectivity index (χ1n) is 8.26. The second-order valence-corrected chi connectivity index (χ2v) is 5.85. The molecular weight excluding hydrogens is 318 g/mol. The highest BCUT2D eigenvalue weighted by atomic mass is 19.3. The quantitative estimate of drug-likeness (QED) is 0.798. The van der Waals surface area contributed by atoms with E-state index in [2.05, 4.69) is 15.0 Å². The molecule has 0 unspecified atom stereocenters. The van der Waals surface area contributed by atoms with Gasteiger partial charge in [0.2, 0.25) is 5.91 Å². The van der Waals surface area contributed by atoms with E-state index in [0.717, 1.165) is 32.4 Å². The van der Waals surface area contributed by atoms with Gasteiger partial charge in [-0.05, 0) is 43.6 Å². The molecule has 24 heavy (non-hydrogen) atoms. The van der Waals surface area contributed by atoms with E-state index in [1.807, 2.05) is 6.92 Å². The summed E-state index contributed by atoms with van der Waals surface area (Å²) in [5, 5.41) is 12.9. The zero-order chi connectivity index (χ0) is 17.5. The third kappa shape index (κ3) is 5.14. The number of hydrogen-bond acceptors (Lipinski definition) is 4. The highest BCUT2D eigenvalue weighted by Gasteiger charge is 2.27. The van der Waals surface area contributed by atoms with Gasteiger partial charge in [0.25, 0.3) is 0 Å². The number of ether oxygens (including phenoxy) is 1. The summed E-state index contributed by atoms with van der Waals surface area (Å²) < 4.78 is 28.5. The number of nitrogens with one attached hydrogen (secondary N) is 1. The Morgan fingerprint density at radius 3 is 2.71 bits per heavy atom. The third-order valence-electron chi connectivity index (χ3n) is 4.28. The van der Waals surface area contributed by atoms with E-state index >= 15 is 0 Å². The molecule has 2 atom stereocenters. The molecule has 0 spiro atoms. The van der Waals surface area contributed by atoms with Crippen molar-refractivity contribution in [2.75, 3.05) is 19.6 Å². The minimum absolute atomic E-state index is 0.0331. The number of aliphatic hydroxyl groups is 1. The lowest BCUT2D eigenvalue weighted by Crippen LogP contribution is -2.49. The summed E-state index contributed by atoms with van der Waals surface area (Å²) in [4.78, 5) is 14.5. The molecule has 2 N–H and O–H groups in total. The summed E-state index contributed by atoms with van der Waals surface area (Å²) in [6.07, 6.45) is 2.07. The van der Waals surface area contributed by atoms with Gasteiger partial charge < -0.3 is 15.2 Å². The van der Waals surface area contributed by atoms with Gasteiger partial charge in [0, 0.05) is 6.54 Å². The van der Waals surface area contributed by atoms with Crippen LogP contribution >= 0.6 is 0 Å². The van der Waals surface area contributed by atoms with Crippen LogP contribution in [0.15, 0.2) is 24.3 Å². The van der Waals surface area contributed by atoms with Gasteiger partial charge in [-0.2, -0.15) is 8.78 Å². The van der Waals surface area contributed by atoms with Gasteiger partial charge in [-0.1, -0.05) is 25.5 Å². The number of halogens is 2. The summed E-state index contributed by atoms with van der Waals surface area (Å²) in [6.45, 7) is 0.984. The lowest BCUT2D eigenvalue weighted by Gasteiger charge is -2.33. The number of likely N-dealkylation sites (tertiary alicyclic amines) is 1. The summed E-state index contributed by atoms with van der Waals surface area (Å²) in [6, 6.07) is 5.61. The Morgan fingerprint density at radius 1 is 1.38 bits per heavy atom. The smallest absolute Gasteiger partial charge is 0.387 e. The van der Waals surface area contributed by atoms with E-state index in [-0.39, 0.29) is 24.2 Å². The van der Waals surface area contributed by atoms with Crippen molar-refractivity contribution in [2.24, 2.45) is 0 Å². The highest BCUT2D eigenvalue weighted by Crippen LogP contribution is 2.20. The molecule has 1 aromatic carbocycles. The molecule has 0 radical (unpaired) electrons. The number of amides is 1. The van der Waals surface area contributed by atoms with E-state index in [1.54, 1.807) is 0 Å². The van der Waals surface area contributed by atoms with Crippen molar-refractivity contribution in [1.29, 1.82) is 0 Å². The van der Waals surface area contributed by atoms with Crippen molar-refractivity contribution in [3.8, 4) is 5.75 Å². The molecule has 2 rings (SSSR count). The molecular formula is C17H24F2N2O3. The van der Waals surface area contributed by atoms with Crippen LogP contribution in [0.1, 0.15) is 37.9 Å². The molecule has 0 saturated carbocycles. The van der Waals surface area contributed by atoms with Gasteiger partial charge in [-0.25, -0.2) is 0 Å². The maximum atomic E-state index is 12.3. The van der Waals surface area contributed by atoms with Crippen molar-refractivity contribution in [2.45, 2.75) is 44.9 Å². The zero-order valence-corrected chi connectivity index (χ0v) is 13.8. The van der Waals surface area contributed by atoms with Gasteiger partial charge in [-0.15, -0.1) is 0 Å². The van der Waals surface area contributed by atoms with Crippen molar-refractivity contribution in [3.05, 3.63) is 29.8 Å². The van der Waals surface area contributed by atoms with Crippen LogP contribution in [0.5, 0.6) is 5.75 Å². The van der Waals surface area contributed by atoms with Crippen molar-refractivity contribution >= 4 is 5.91 Å². The van der Waals surface area contributed by atoms with Gasteiger partial charge in [-0.3, -0.25) is 9.69 Å². The van der Waals surface area contributed by atoms with Crippen LogP contribution in [0, 0.1) is 0 Å². The minimum Gasteiger partial charge on any atom is -0.435 e. The normalized spacial score (nSPS) is 20.0. The molecule has 1 fully saturated rings. The first-order chi connectivity index (χ1) is 11.5. The topological polar surface area (TPSA) is 61.8 Å². The lowest BCUT2D eigenvalue weighted by atomic mass is 10.0. The van der Waals surface area contributed by atoms with Gasteiger partial charge in [0.1, 0.15) is 5.75 Å². The SMILES string of the molecule is CCN1CCCC[C@H]1C(=O)NC[C@H](O)c1ccc(OC(F)F)cc1. The summed E-state index contributed by atoms with van der Waals surface area (Å²) in [5.74, 6) is -0.0426. The number of aliphatic hydroxyl groups excluding tert-OH is 1. The molecule has 0 aromatic heterocycles. The fourth-order valence-electron chi connectivity index (χ4n) is 2.97. The molecule has 0 bridgehead atoms. The molecule has 134 valence electrons. The second-order valence-electron chi connectivity index (χ2n) is 5.85. The predicted octanol–water partition coefficient (Wildman–Crippen LogP) is 2.31. The zero-order valence-electron chi connectivity index (χ0n) is 13.8. The number of alkyl halides is 2. The van der Waals surface area contributed by atoms with Gasteiger partial charge in [0.15, 0.2) is 0 Å². The fraction of sp³-hybridized carbons (Fsp3) is 0.588. The Labute approximate surface area is 140 Å². The van der Waals surface area contributed by atoms with Crippen LogP contribution in [-0.4, -0.2) is 48.2 Å². The maximum Gasteiger partial charge on any atom is 0.387 e. The number of piperidine rings is 1. The number of rotatable bonds is 7. The van der Waals surface area contributed by atoms with E-state index in [4.69, 9.17) is 0 Å². The predicted molar refractivity (Wildman–Crippen MR) is 85.9 cm³/mol. The van der Waals surface area contributed by atoms with Gasteiger partial charge >= 0.3 is 6.61 Å². The van der Waals surface area contributed by atoms with Crippen LogP contribution in [-0.2, 0) is 4.79 Å². The van der Waals surface area contributed by atoms with E-state index in [0.29, 0.717) is 5.56 Å². The molecule has 1 heterocycles. The molecule has 1 aliphatic heterocycles. The average molecular weight is 342 g/mol. The Morgan fingerprint density at radius 2 is 2.08 bits per heavy atom. The first-order valence-corrected chi connectivity index (χ1v) is 8.26. The van der Waals surface area contributed by atoms with Crippen molar-refractivity contribution < 1.29 is 23.4 Å². The number of benzene rings is 1. The summed E-state index contributed by atoms with van der Waals surface area (Å²) in [5.41, 5.74) is 0.535. The molecule has 5 nitrogen and oxygen atoms in total. The molecule has 7 heteroatoms. The van der Waals surface area contributed by atoms with E-state index in [9.17, 15) is 18.7 Å². The molecule has 1 amide bonds. The fourth-order valence-corrected chi connectivity index (χ4v) is 2.97. The second kappa shape index (κ2) is 8.94. The number of likely N-dealkylation sites (N-methyl/N-ethyl adjacent to an activating group) is 1. The third-order valence-corrected chi connectivity index (χ3v) is 4.28. The van der Waals surface area contributed by atoms with Gasteiger partial charge in [0.05, 0.1) is 12.1 Å². The van der Waals surface area contributed by atoms with E-state index < -0.39 is 12.7 Å². The van der Waals surface area contributed by atoms with Crippen LogP contribution in [0.4, 0.5) is 8.78 Å². The highest BCUT2D eigenvalue weighted by molar-refractivity contribution is 5.81. The minimum atomic E-state index is -2.88. The number of carbonyl (C=O) groups excluding carboxylic acids is 1. The number of carbonyl (C=O) groups is 1. The number of nitrogens with zero attached hydrogens (tertiary/aromatic N) is 1. The summed E-state index contributed by atoms with van der Waals surface area (Å²) >= 11 is 0. The van der Waals surface area contributed by atoms with Crippen LogP contribution in [0.2, 0.25) is 0 Å². The Kier molecular flexibility index (Phi) is 6.93. The Hall–Kier alpha value is -1.73.